The summed E-state index contributed by atoms with van der Waals surface area (Å²) in [6, 6.07) is 1.90. The Morgan fingerprint density at radius 1 is 1.21 bits per heavy atom. The molecule has 1 aromatic carbocycles. The number of amides is 1. The number of likely N-dealkylation sites (N-methyl/N-ethyl adjacent to an activating group) is 1. The molecular weight excluding hydrogens is 257 g/mol. The Bertz CT molecular complexity index is 507. The van der Waals surface area contributed by atoms with Gasteiger partial charge in [-0.05, 0) is 26.1 Å². The second-order valence-corrected chi connectivity index (χ2v) is 4.80. The van der Waals surface area contributed by atoms with E-state index in [1.807, 2.05) is 14.0 Å². The van der Waals surface area contributed by atoms with Gasteiger partial charge in [-0.3, -0.25) is 4.79 Å². The number of rotatable bonds is 1. The first-order chi connectivity index (χ1) is 8.91. The molecule has 0 saturated carbocycles. The highest BCUT2D eigenvalue weighted by molar-refractivity contribution is 5.94. The molecule has 1 saturated heterocycles. The van der Waals surface area contributed by atoms with Crippen molar-refractivity contribution in [3.63, 3.8) is 0 Å². The molecule has 0 spiro atoms. The zero-order chi connectivity index (χ0) is 14.2. The van der Waals surface area contributed by atoms with Crippen LogP contribution in [0.3, 0.4) is 0 Å². The smallest absolute Gasteiger partial charge is 0.257 e. The molecule has 19 heavy (non-hydrogen) atoms. The van der Waals surface area contributed by atoms with Crippen LogP contribution in [0.2, 0.25) is 0 Å². The van der Waals surface area contributed by atoms with E-state index in [-0.39, 0.29) is 6.04 Å². The Morgan fingerprint density at radius 3 is 2.53 bits per heavy atom. The maximum absolute atomic E-state index is 13.6. The van der Waals surface area contributed by atoms with E-state index in [1.165, 1.54) is 4.90 Å². The molecule has 1 aliphatic heterocycles. The molecule has 1 atom stereocenters. The Morgan fingerprint density at radius 2 is 1.89 bits per heavy atom. The minimum Gasteiger partial charge on any atom is -0.336 e. The minimum atomic E-state index is -1.60. The third kappa shape index (κ3) is 2.58. The lowest BCUT2D eigenvalue weighted by molar-refractivity contribution is 0.0567. The highest BCUT2D eigenvalue weighted by Gasteiger charge is 2.28. The molecule has 1 aliphatic rings. The fourth-order valence-corrected chi connectivity index (χ4v) is 2.09. The van der Waals surface area contributed by atoms with Gasteiger partial charge in [0.15, 0.2) is 17.5 Å². The first-order valence-electron chi connectivity index (χ1n) is 6.05. The molecule has 1 aromatic rings. The van der Waals surface area contributed by atoms with Crippen molar-refractivity contribution in [2.45, 2.75) is 13.0 Å². The Kier molecular flexibility index (Phi) is 3.80. The van der Waals surface area contributed by atoms with Crippen LogP contribution >= 0.6 is 0 Å². The van der Waals surface area contributed by atoms with Gasteiger partial charge in [0.1, 0.15) is 0 Å². The van der Waals surface area contributed by atoms with Crippen molar-refractivity contribution in [1.29, 1.82) is 0 Å². The van der Waals surface area contributed by atoms with Crippen LogP contribution in [-0.2, 0) is 0 Å². The minimum absolute atomic E-state index is 0.144. The average Bonchev–Trinajstić information content (AvgIpc) is 2.39. The summed E-state index contributed by atoms with van der Waals surface area (Å²) < 4.78 is 39.5. The van der Waals surface area contributed by atoms with Gasteiger partial charge in [-0.15, -0.1) is 0 Å². The van der Waals surface area contributed by atoms with Crippen LogP contribution in [0.15, 0.2) is 12.1 Å². The van der Waals surface area contributed by atoms with Gasteiger partial charge in [0, 0.05) is 25.7 Å². The van der Waals surface area contributed by atoms with Crippen LogP contribution in [0, 0.1) is 17.5 Å². The van der Waals surface area contributed by atoms with E-state index in [9.17, 15) is 18.0 Å². The standard InChI is InChI=1S/C13H15F3N2O/c1-8-7-18(6-5-17(8)2)13(19)9-3-4-10(14)12(16)11(9)15/h3-4,8H,5-7H2,1-2H3. The molecular formula is C13H15F3N2O. The lowest BCUT2D eigenvalue weighted by Crippen LogP contribution is -2.52. The fraction of sp³-hybridized carbons (Fsp3) is 0.462. The summed E-state index contributed by atoms with van der Waals surface area (Å²) in [7, 11) is 1.94. The summed E-state index contributed by atoms with van der Waals surface area (Å²) >= 11 is 0. The molecule has 3 nitrogen and oxygen atoms in total. The summed E-state index contributed by atoms with van der Waals surface area (Å²) in [6.45, 7) is 3.49. The van der Waals surface area contributed by atoms with Crippen molar-refractivity contribution < 1.29 is 18.0 Å². The van der Waals surface area contributed by atoms with Crippen molar-refractivity contribution in [2.24, 2.45) is 0 Å². The number of carbonyl (C=O) groups is 1. The van der Waals surface area contributed by atoms with Crippen LogP contribution in [0.5, 0.6) is 0 Å². The van der Waals surface area contributed by atoms with E-state index in [1.54, 1.807) is 0 Å². The van der Waals surface area contributed by atoms with Crippen LogP contribution in [0.1, 0.15) is 17.3 Å². The molecule has 0 aliphatic carbocycles. The van der Waals surface area contributed by atoms with E-state index in [0.717, 1.165) is 12.1 Å². The first kappa shape index (κ1) is 13.9. The second kappa shape index (κ2) is 5.21. The number of nitrogens with zero attached hydrogens (tertiary/aromatic N) is 2. The van der Waals surface area contributed by atoms with Gasteiger partial charge in [-0.2, -0.15) is 0 Å². The molecule has 0 radical (unpaired) electrons. The van der Waals surface area contributed by atoms with Gasteiger partial charge in [-0.1, -0.05) is 0 Å². The normalized spacial score (nSPS) is 20.7. The van der Waals surface area contributed by atoms with Gasteiger partial charge in [0.25, 0.3) is 5.91 Å². The third-order valence-electron chi connectivity index (χ3n) is 3.51. The third-order valence-corrected chi connectivity index (χ3v) is 3.51. The van der Waals surface area contributed by atoms with Crippen LogP contribution in [-0.4, -0.2) is 48.4 Å². The molecule has 2 rings (SSSR count). The highest BCUT2D eigenvalue weighted by atomic mass is 19.2. The summed E-state index contributed by atoms with van der Waals surface area (Å²) in [5, 5.41) is 0. The SMILES string of the molecule is CC1CN(C(=O)c2ccc(F)c(F)c2F)CCN1C. The predicted octanol–water partition coefficient (Wildman–Crippen LogP) is 1.88. The molecule has 1 unspecified atom stereocenters. The summed E-state index contributed by atoms with van der Waals surface area (Å²) in [4.78, 5) is 15.6. The number of hydrogen-bond donors (Lipinski definition) is 0. The number of hydrogen-bond acceptors (Lipinski definition) is 2. The number of carbonyl (C=O) groups excluding carboxylic acids is 1. The molecule has 0 N–H and O–H groups in total. The van der Waals surface area contributed by atoms with Crippen molar-refractivity contribution in [3.05, 3.63) is 35.1 Å². The number of benzene rings is 1. The quantitative estimate of drug-likeness (QED) is 0.729. The van der Waals surface area contributed by atoms with Crippen molar-refractivity contribution in [3.8, 4) is 0 Å². The topological polar surface area (TPSA) is 23.6 Å². The largest absolute Gasteiger partial charge is 0.336 e. The lowest BCUT2D eigenvalue weighted by atomic mass is 10.1. The van der Waals surface area contributed by atoms with Crippen molar-refractivity contribution in [1.82, 2.24) is 9.80 Å². The fourth-order valence-electron chi connectivity index (χ4n) is 2.09. The molecule has 1 heterocycles. The van der Waals surface area contributed by atoms with Gasteiger partial charge >= 0.3 is 0 Å². The predicted molar refractivity (Wildman–Crippen MR) is 64.3 cm³/mol. The zero-order valence-electron chi connectivity index (χ0n) is 10.8. The number of piperazine rings is 1. The van der Waals surface area contributed by atoms with Crippen LogP contribution in [0.4, 0.5) is 13.2 Å². The van der Waals surface area contributed by atoms with E-state index < -0.39 is 28.9 Å². The Balaban J connectivity index is 2.23. The highest BCUT2D eigenvalue weighted by Crippen LogP contribution is 2.18. The van der Waals surface area contributed by atoms with E-state index >= 15 is 0 Å². The van der Waals surface area contributed by atoms with Gasteiger partial charge < -0.3 is 9.80 Å². The number of halogens is 3. The average molecular weight is 272 g/mol. The molecule has 104 valence electrons. The molecule has 1 fully saturated rings. The second-order valence-electron chi connectivity index (χ2n) is 4.80. The Hall–Kier alpha value is -1.56. The summed E-state index contributed by atoms with van der Waals surface area (Å²) in [6.07, 6.45) is 0. The van der Waals surface area contributed by atoms with Crippen molar-refractivity contribution >= 4 is 5.91 Å². The molecule has 6 heteroatoms. The van der Waals surface area contributed by atoms with Gasteiger partial charge in [0.05, 0.1) is 5.56 Å². The molecule has 1 amide bonds. The maximum Gasteiger partial charge on any atom is 0.257 e. The monoisotopic (exact) mass is 272 g/mol. The van der Waals surface area contributed by atoms with Crippen LogP contribution < -0.4 is 0 Å². The molecule has 0 aromatic heterocycles. The summed E-state index contributed by atoms with van der Waals surface area (Å²) in [5.41, 5.74) is -0.421. The van der Waals surface area contributed by atoms with E-state index in [0.29, 0.717) is 19.6 Å². The van der Waals surface area contributed by atoms with Gasteiger partial charge in [-0.25, -0.2) is 13.2 Å². The van der Waals surface area contributed by atoms with Gasteiger partial charge in [0.2, 0.25) is 0 Å². The summed E-state index contributed by atoms with van der Waals surface area (Å²) in [5.74, 6) is -4.92. The molecule has 0 bridgehead atoms. The zero-order valence-corrected chi connectivity index (χ0v) is 10.8. The van der Waals surface area contributed by atoms with E-state index in [4.69, 9.17) is 0 Å². The first-order valence-corrected chi connectivity index (χ1v) is 6.05. The van der Waals surface area contributed by atoms with E-state index in [2.05, 4.69) is 4.90 Å². The lowest BCUT2D eigenvalue weighted by Gasteiger charge is -2.37. The van der Waals surface area contributed by atoms with Crippen LogP contribution in [0.25, 0.3) is 0 Å². The Labute approximate surface area is 109 Å². The maximum atomic E-state index is 13.6. The van der Waals surface area contributed by atoms with Crippen molar-refractivity contribution in [2.75, 3.05) is 26.7 Å².